The van der Waals surface area contributed by atoms with Crippen LogP contribution in [0.3, 0.4) is 0 Å². The summed E-state index contributed by atoms with van der Waals surface area (Å²) in [5, 5.41) is 0. The summed E-state index contributed by atoms with van der Waals surface area (Å²) >= 11 is 5.12. The van der Waals surface area contributed by atoms with Gasteiger partial charge in [-0.1, -0.05) is 36.8 Å². The van der Waals surface area contributed by atoms with Crippen LogP contribution < -0.4 is 5.73 Å². The highest BCUT2D eigenvalue weighted by Gasteiger charge is 2.34. The van der Waals surface area contributed by atoms with Gasteiger partial charge < -0.3 is 10.6 Å². The lowest BCUT2D eigenvalue weighted by Gasteiger charge is -2.38. The molecule has 1 heterocycles. The number of nitrogens with two attached hydrogens (primary N) is 1. The van der Waals surface area contributed by atoms with E-state index in [4.69, 9.17) is 18.0 Å². The number of nitrogens with zero attached hydrogens (tertiary/aromatic N) is 1. The van der Waals surface area contributed by atoms with E-state index in [1.165, 1.54) is 0 Å². The predicted molar refractivity (Wildman–Crippen MR) is 81.2 cm³/mol. The molecule has 1 amide bonds. The largest absolute Gasteiger partial charge is 0.393 e. The fourth-order valence-electron chi connectivity index (χ4n) is 2.33. The Hall–Kier alpha value is -1.42. The van der Waals surface area contributed by atoms with Crippen molar-refractivity contribution >= 4 is 23.1 Å². The first-order valence-electron chi connectivity index (χ1n) is 6.58. The predicted octanol–water partition coefficient (Wildman–Crippen LogP) is 2.52. The van der Waals surface area contributed by atoms with Crippen molar-refractivity contribution in [2.45, 2.75) is 26.7 Å². The first kappa shape index (κ1) is 14.0. The molecule has 1 aromatic rings. The Morgan fingerprint density at radius 1 is 1.26 bits per heavy atom. The molecule has 1 aliphatic heterocycles. The molecule has 0 aromatic heterocycles. The zero-order valence-corrected chi connectivity index (χ0v) is 12.3. The van der Waals surface area contributed by atoms with Crippen LogP contribution in [0.25, 0.3) is 0 Å². The molecule has 2 N–H and O–H groups in total. The summed E-state index contributed by atoms with van der Waals surface area (Å²) < 4.78 is 0. The zero-order valence-electron chi connectivity index (χ0n) is 11.5. The van der Waals surface area contributed by atoms with E-state index < -0.39 is 0 Å². The molecule has 102 valence electrons. The molecule has 0 bridgehead atoms. The molecule has 4 heteroatoms. The number of hydrogen-bond acceptors (Lipinski definition) is 2. The normalized spacial score (nSPS) is 18.1. The van der Waals surface area contributed by atoms with E-state index in [1.54, 1.807) is 0 Å². The topological polar surface area (TPSA) is 46.3 Å². The van der Waals surface area contributed by atoms with Crippen LogP contribution in [0.15, 0.2) is 24.3 Å². The number of benzene rings is 1. The summed E-state index contributed by atoms with van der Waals surface area (Å²) in [6.45, 7) is 5.55. The van der Waals surface area contributed by atoms with Crippen LogP contribution in [0.5, 0.6) is 0 Å². The third-order valence-corrected chi connectivity index (χ3v) is 4.54. The van der Waals surface area contributed by atoms with E-state index in [0.717, 1.165) is 37.1 Å². The molecule has 1 fully saturated rings. The molecule has 0 atom stereocenters. The lowest BCUT2D eigenvalue weighted by Crippen LogP contribution is -2.46. The minimum absolute atomic E-state index is 0.0978. The highest BCUT2D eigenvalue weighted by Crippen LogP contribution is 2.31. The fourth-order valence-corrected chi connectivity index (χ4v) is 2.53. The maximum atomic E-state index is 12.4. The second-order valence-electron chi connectivity index (χ2n) is 5.58. The standard InChI is InChI=1S/C15H20N2OS/c1-11-3-5-12(6-4-11)13(18)17-9-7-15(2,8-10-17)14(16)19/h3-6H,7-10H2,1-2H3,(H2,16,19). The first-order chi connectivity index (χ1) is 8.92. The maximum absolute atomic E-state index is 12.4. The molecule has 19 heavy (non-hydrogen) atoms. The first-order valence-corrected chi connectivity index (χ1v) is 6.99. The van der Waals surface area contributed by atoms with Crippen LogP contribution in [0.1, 0.15) is 35.7 Å². The number of hydrogen-bond donors (Lipinski definition) is 1. The molecule has 0 aliphatic carbocycles. The highest BCUT2D eigenvalue weighted by molar-refractivity contribution is 7.80. The fraction of sp³-hybridized carbons (Fsp3) is 0.467. The second-order valence-corrected chi connectivity index (χ2v) is 6.02. The van der Waals surface area contributed by atoms with E-state index in [9.17, 15) is 4.79 Å². The van der Waals surface area contributed by atoms with E-state index in [1.807, 2.05) is 36.1 Å². The summed E-state index contributed by atoms with van der Waals surface area (Å²) in [6.07, 6.45) is 1.69. The average molecular weight is 276 g/mol. The Morgan fingerprint density at radius 3 is 2.26 bits per heavy atom. The molecule has 1 aliphatic rings. The number of amides is 1. The van der Waals surface area contributed by atoms with Crippen LogP contribution in [0.2, 0.25) is 0 Å². The Bertz CT molecular complexity index is 487. The number of thiocarbonyl (C=S) groups is 1. The van der Waals surface area contributed by atoms with Crippen molar-refractivity contribution in [3.8, 4) is 0 Å². The van der Waals surface area contributed by atoms with Gasteiger partial charge in [0, 0.05) is 24.1 Å². The summed E-state index contributed by atoms with van der Waals surface area (Å²) in [4.78, 5) is 14.8. The minimum Gasteiger partial charge on any atom is -0.393 e. The van der Waals surface area contributed by atoms with Crippen molar-refractivity contribution in [2.24, 2.45) is 11.1 Å². The van der Waals surface area contributed by atoms with Gasteiger partial charge in [0.1, 0.15) is 0 Å². The van der Waals surface area contributed by atoms with Crippen molar-refractivity contribution in [2.75, 3.05) is 13.1 Å². The smallest absolute Gasteiger partial charge is 0.253 e. The van der Waals surface area contributed by atoms with Gasteiger partial charge in [0.2, 0.25) is 0 Å². The second kappa shape index (κ2) is 5.29. The number of rotatable bonds is 2. The van der Waals surface area contributed by atoms with Gasteiger partial charge in [-0.3, -0.25) is 4.79 Å². The van der Waals surface area contributed by atoms with Crippen LogP contribution in [-0.2, 0) is 0 Å². The summed E-state index contributed by atoms with van der Waals surface area (Å²) in [5.74, 6) is 0.102. The molecular formula is C15H20N2OS. The van der Waals surface area contributed by atoms with E-state index in [2.05, 4.69) is 6.92 Å². The monoisotopic (exact) mass is 276 g/mol. The third-order valence-electron chi connectivity index (χ3n) is 4.05. The minimum atomic E-state index is -0.0978. The van der Waals surface area contributed by atoms with Crippen LogP contribution in [0, 0.1) is 12.3 Å². The van der Waals surface area contributed by atoms with Gasteiger partial charge in [-0.2, -0.15) is 0 Å². The highest BCUT2D eigenvalue weighted by atomic mass is 32.1. The van der Waals surface area contributed by atoms with E-state index in [0.29, 0.717) is 4.99 Å². The van der Waals surface area contributed by atoms with Gasteiger partial charge in [0.05, 0.1) is 4.99 Å². The zero-order chi connectivity index (χ0) is 14.0. The van der Waals surface area contributed by atoms with Gasteiger partial charge in [0.15, 0.2) is 0 Å². The lowest BCUT2D eigenvalue weighted by molar-refractivity contribution is 0.0670. The Morgan fingerprint density at radius 2 is 1.79 bits per heavy atom. The quantitative estimate of drug-likeness (QED) is 0.844. The third kappa shape index (κ3) is 2.95. The molecular weight excluding hydrogens is 256 g/mol. The van der Waals surface area contributed by atoms with Gasteiger partial charge in [-0.05, 0) is 31.9 Å². The van der Waals surface area contributed by atoms with Crippen molar-refractivity contribution in [3.05, 3.63) is 35.4 Å². The van der Waals surface area contributed by atoms with Gasteiger partial charge >= 0.3 is 0 Å². The van der Waals surface area contributed by atoms with Gasteiger partial charge in [-0.15, -0.1) is 0 Å². The van der Waals surface area contributed by atoms with Crippen LogP contribution in [-0.4, -0.2) is 28.9 Å². The van der Waals surface area contributed by atoms with Crippen LogP contribution in [0.4, 0.5) is 0 Å². The number of carbonyl (C=O) groups excluding carboxylic acids is 1. The van der Waals surface area contributed by atoms with Gasteiger partial charge in [-0.25, -0.2) is 0 Å². The number of piperidine rings is 1. The van der Waals surface area contributed by atoms with Crippen molar-refractivity contribution in [3.63, 3.8) is 0 Å². The van der Waals surface area contributed by atoms with Gasteiger partial charge in [0.25, 0.3) is 5.91 Å². The molecule has 1 saturated heterocycles. The molecule has 0 radical (unpaired) electrons. The molecule has 0 saturated carbocycles. The van der Waals surface area contributed by atoms with E-state index in [-0.39, 0.29) is 11.3 Å². The summed E-state index contributed by atoms with van der Waals surface area (Å²) in [5.41, 5.74) is 7.60. The molecule has 2 rings (SSSR count). The molecule has 0 unspecified atom stereocenters. The molecule has 3 nitrogen and oxygen atoms in total. The van der Waals surface area contributed by atoms with E-state index >= 15 is 0 Å². The van der Waals surface area contributed by atoms with Crippen molar-refractivity contribution in [1.29, 1.82) is 0 Å². The Kier molecular flexibility index (Phi) is 3.90. The average Bonchev–Trinajstić information content (AvgIpc) is 2.39. The molecule has 1 aromatic carbocycles. The maximum Gasteiger partial charge on any atom is 0.253 e. The number of aryl methyl sites for hydroxylation is 1. The Balaban J connectivity index is 2.04. The SMILES string of the molecule is Cc1ccc(C(=O)N2CCC(C)(C(N)=S)CC2)cc1. The molecule has 0 spiro atoms. The summed E-state index contributed by atoms with van der Waals surface area (Å²) in [6, 6.07) is 7.71. The lowest BCUT2D eigenvalue weighted by atomic mass is 9.80. The number of carbonyl (C=O) groups is 1. The van der Waals surface area contributed by atoms with Crippen molar-refractivity contribution < 1.29 is 4.79 Å². The summed E-state index contributed by atoms with van der Waals surface area (Å²) in [7, 11) is 0. The van der Waals surface area contributed by atoms with Crippen LogP contribution >= 0.6 is 12.2 Å². The number of likely N-dealkylation sites (tertiary alicyclic amines) is 1. The van der Waals surface area contributed by atoms with Crippen molar-refractivity contribution in [1.82, 2.24) is 4.90 Å². The Labute approximate surface area is 119 Å².